The van der Waals surface area contributed by atoms with Gasteiger partial charge in [-0.15, -0.1) is 16.4 Å². The number of para-hydroxylation sites is 1. The Morgan fingerprint density at radius 3 is 2.75 bits per heavy atom. The number of tetrazole rings is 1. The van der Waals surface area contributed by atoms with Gasteiger partial charge in [-0.05, 0) is 34.0 Å². The van der Waals surface area contributed by atoms with Gasteiger partial charge in [0.2, 0.25) is 11.1 Å². The highest BCUT2D eigenvalue weighted by Crippen LogP contribution is 2.30. The van der Waals surface area contributed by atoms with Gasteiger partial charge in [0.15, 0.2) is 0 Å². The number of rotatable bonds is 6. The summed E-state index contributed by atoms with van der Waals surface area (Å²) in [6.07, 6.45) is 0. The van der Waals surface area contributed by atoms with Crippen LogP contribution in [0.5, 0.6) is 0 Å². The summed E-state index contributed by atoms with van der Waals surface area (Å²) in [7, 11) is 0. The molecule has 0 atom stereocenters. The zero-order valence-corrected chi connectivity index (χ0v) is 15.3. The Kier molecular flexibility index (Phi) is 5.72. The number of carbonyl (C=O) groups is 1. The number of anilines is 1. The molecule has 0 radical (unpaired) electrons. The molecule has 3 rings (SSSR count). The summed E-state index contributed by atoms with van der Waals surface area (Å²) in [5.74, 6) is -0.0903. The number of benzene rings is 1. The summed E-state index contributed by atoms with van der Waals surface area (Å²) >= 11 is 14.9. The number of halogens is 2. The first-order valence-corrected chi connectivity index (χ1v) is 9.41. The molecule has 0 aliphatic carbocycles. The van der Waals surface area contributed by atoms with Crippen LogP contribution < -0.4 is 5.32 Å². The summed E-state index contributed by atoms with van der Waals surface area (Å²) in [6, 6.07) is 9.02. The maximum atomic E-state index is 12.1. The molecule has 0 aliphatic rings. The highest BCUT2D eigenvalue weighted by atomic mass is 35.5. The molecule has 124 valence electrons. The number of thioether (sulfide) groups is 1. The maximum absolute atomic E-state index is 12.1. The molecule has 0 saturated heterocycles. The number of carbonyl (C=O) groups excluding carboxylic acids is 1. The fraction of sp³-hybridized carbons (Fsp3) is 0.143. The van der Waals surface area contributed by atoms with Gasteiger partial charge in [-0.3, -0.25) is 4.79 Å². The molecule has 2 aromatic heterocycles. The molecule has 3 aromatic rings. The lowest BCUT2D eigenvalue weighted by molar-refractivity contribution is -0.113. The quantitative estimate of drug-likeness (QED) is 0.637. The molecule has 0 bridgehead atoms. The van der Waals surface area contributed by atoms with Crippen LogP contribution in [0.3, 0.4) is 0 Å². The first kappa shape index (κ1) is 17.2. The summed E-state index contributed by atoms with van der Waals surface area (Å²) in [5.41, 5.74) is 0.407. The number of thiophene rings is 1. The van der Waals surface area contributed by atoms with E-state index in [4.69, 9.17) is 23.2 Å². The van der Waals surface area contributed by atoms with E-state index in [1.54, 1.807) is 34.2 Å². The number of amides is 1. The van der Waals surface area contributed by atoms with E-state index in [1.807, 2.05) is 17.5 Å². The predicted octanol–water partition coefficient (Wildman–Crippen LogP) is 3.82. The van der Waals surface area contributed by atoms with Crippen LogP contribution in [-0.4, -0.2) is 31.9 Å². The Labute approximate surface area is 156 Å². The van der Waals surface area contributed by atoms with Gasteiger partial charge in [0.25, 0.3) is 0 Å². The van der Waals surface area contributed by atoms with Gasteiger partial charge in [0.05, 0.1) is 28.0 Å². The SMILES string of the molecule is O=C(CSc1nnnn1Cc1cccs1)Nc1c(Cl)cccc1Cl. The van der Waals surface area contributed by atoms with Crippen molar-refractivity contribution in [1.82, 2.24) is 20.2 Å². The highest BCUT2D eigenvalue weighted by Gasteiger charge is 2.13. The average molecular weight is 400 g/mol. The molecule has 1 aromatic carbocycles. The van der Waals surface area contributed by atoms with Gasteiger partial charge < -0.3 is 5.32 Å². The Balaban J connectivity index is 1.60. The molecular formula is C14H11Cl2N5OS2. The van der Waals surface area contributed by atoms with Crippen LogP contribution in [-0.2, 0) is 11.3 Å². The zero-order valence-electron chi connectivity index (χ0n) is 12.1. The molecule has 6 nitrogen and oxygen atoms in total. The van der Waals surface area contributed by atoms with E-state index < -0.39 is 0 Å². The number of hydrogen-bond acceptors (Lipinski definition) is 6. The van der Waals surface area contributed by atoms with E-state index in [0.717, 1.165) is 4.88 Å². The van der Waals surface area contributed by atoms with Crippen molar-refractivity contribution in [2.75, 3.05) is 11.1 Å². The largest absolute Gasteiger partial charge is 0.323 e. The molecule has 0 fully saturated rings. The summed E-state index contributed by atoms with van der Waals surface area (Å²) < 4.78 is 1.66. The Hall–Kier alpha value is -1.61. The van der Waals surface area contributed by atoms with Crippen LogP contribution in [0, 0.1) is 0 Å². The van der Waals surface area contributed by atoms with E-state index in [9.17, 15) is 4.79 Å². The fourth-order valence-electron chi connectivity index (χ4n) is 1.87. The van der Waals surface area contributed by atoms with Crippen LogP contribution in [0.2, 0.25) is 10.0 Å². The average Bonchev–Trinajstić information content (AvgIpc) is 3.21. The van der Waals surface area contributed by atoms with Gasteiger partial charge in [0, 0.05) is 4.88 Å². The summed E-state index contributed by atoms with van der Waals surface area (Å²) in [4.78, 5) is 13.3. The third-order valence-corrected chi connectivity index (χ3v) is 5.39. The van der Waals surface area contributed by atoms with Gasteiger partial charge in [-0.25, -0.2) is 4.68 Å². The number of nitrogens with zero attached hydrogens (tertiary/aromatic N) is 4. The van der Waals surface area contributed by atoms with E-state index in [0.29, 0.717) is 27.4 Å². The molecular weight excluding hydrogens is 389 g/mol. The van der Waals surface area contributed by atoms with Crippen molar-refractivity contribution in [1.29, 1.82) is 0 Å². The van der Waals surface area contributed by atoms with Crippen molar-refractivity contribution in [3.63, 3.8) is 0 Å². The normalized spacial score (nSPS) is 10.8. The highest BCUT2D eigenvalue weighted by molar-refractivity contribution is 7.99. The fourth-order valence-corrected chi connectivity index (χ4v) is 3.73. The lowest BCUT2D eigenvalue weighted by atomic mass is 10.3. The lowest BCUT2D eigenvalue weighted by Gasteiger charge is -2.08. The third kappa shape index (κ3) is 4.27. The van der Waals surface area contributed by atoms with Crippen LogP contribution in [0.15, 0.2) is 40.9 Å². The molecule has 2 heterocycles. The molecule has 0 unspecified atom stereocenters. The van der Waals surface area contributed by atoms with Crippen molar-refractivity contribution in [2.24, 2.45) is 0 Å². The van der Waals surface area contributed by atoms with Crippen molar-refractivity contribution in [3.8, 4) is 0 Å². The Bertz CT molecular complexity index is 817. The standard InChI is InChI=1S/C14H11Cl2N5OS2/c15-10-4-1-5-11(16)13(10)17-12(22)8-24-14-18-19-20-21(14)7-9-3-2-6-23-9/h1-6H,7-8H2,(H,17,22). The predicted molar refractivity (Wildman–Crippen MR) is 97.1 cm³/mol. The lowest BCUT2D eigenvalue weighted by Crippen LogP contribution is -2.15. The molecule has 1 N–H and O–H groups in total. The Morgan fingerprint density at radius 1 is 1.25 bits per heavy atom. The second-order valence-corrected chi connectivity index (χ2v) is 7.42. The molecule has 0 aliphatic heterocycles. The molecule has 24 heavy (non-hydrogen) atoms. The van der Waals surface area contributed by atoms with Gasteiger partial charge in [0.1, 0.15) is 0 Å². The first-order valence-electron chi connectivity index (χ1n) is 6.78. The minimum absolute atomic E-state index is 0.145. The van der Waals surface area contributed by atoms with Crippen LogP contribution >= 0.6 is 46.3 Å². The van der Waals surface area contributed by atoms with Crippen molar-refractivity contribution >= 4 is 57.9 Å². The van der Waals surface area contributed by atoms with Gasteiger partial charge >= 0.3 is 0 Å². The monoisotopic (exact) mass is 399 g/mol. The van der Waals surface area contributed by atoms with Crippen molar-refractivity contribution < 1.29 is 4.79 Å². The molecule has 0 spiro atoms. The summed E-state index contributed by atoms with van der Waals surface area (Å²) in [6.45, 7) is 0.574. The maximum Gasteiger partial charge on any atom is 0.234 e. The molecule has 10 heteroatoms. The topological polar surface area (TPSA) is 72.7 Å². The van der Waals surface area contributed by atoms with E-state index in [-0.39, 0.29) is 11.7 Å². The Morgan fingerprint density at radius 2 is 2.04 bits per heavy atom. The summed E-state index contributed by atoms with van der Waals surface area (Å²) in [5, 5.41) is 17.6. The van der Waals surface area contributed by atoms with E-state index in [1.165, 1.54) is 11.8 Å². The number of aromatic nitrogens is 4. The van der Waals surface area contributed by atoms with Crippen molar-refractivity contribution in [3.05, 3.63) is 50.6 Å². The van der Waals surface area contributed by atoms with Gasteiger partial charge in [-0.2, -0.15) is 0 Å². The van der Waals surface area contributed by atoms with Crippen LogP contribution in [0.1, 0.15) is 4.88 Å². The van der Waals surface area contributed by atoms with E-state index >= 15 is 0 Å². The van der Waals surface area contributed by atoms with Crippen LogP contribution in [0.4, 0.5) is 5.69 Å². The second kappa shape index (κ2) is 7.98. The smallest absolute Gasteiger partial charge is 0.234 e. The number of nitrogens with one attached hydrogen (secondary N) is 1. The minimum atomic E-state index is -0.235. The molecule has 0 saturated carbocycles. The zero-order chi connectivity index (χ0) is 16.9. The minimum Gasteiger partial charge on any atom is -0.323 e. The second-order valence-electron chi connectivity index (χ2n) is 4.63. The van der Waals surface area contributed by atoms with E-state index in [2.05, 4.69) is 20.8 Å². The van der Waals surface area contributed by atoms with Crippen molar-refractivity contribution in [2.45, 2.75) is 11.7 Å². The van der Waals surface area contributed by atoms with Crippen LogP contribution in [0.25, 0.3) is 0 Å². The molecule has 1 amide bonds. The van der Waals surface area contributed by atoms with Gasteiger partial charge in [-0.1, -0.05) is 47.1 Å². The first-order chi connectivity index (χ1) is 11.6. The number of hydrogen-bond donors (Lipinski definition) is 1. The third-order valence-electron chi connectivity index (χ3n) is 2.94.